The van der Waals surface area contributed by atoms with Crippen LogP contribution >= 0.6 is 0 Å². The van der Waals surface area contributed by atoms with Crippen molar-refractivity contribution in [2.24, 2.45) is 16.8 Å². The van der Waals surface area contributed by atoms with E-state index in [1.54, 1.807) is 12.1 Å². The molecule has 0 aliphatic heterocycles. The highest BCUT2D eigenvalue weighted by molar-refractivity contribution is 7.89. The molecule has 1 aromatic carbocycles. The summed E-state index contributed by atoms with van der Waals surface area (Å²) < 4.78 is 22.4. The van der Waals surface area contributed by atoms with Crippen LogP contribution < -0.4 is 16.2 Å². The Hall–Kier alpha value is -1.44. The molecule has 0 fully saturated rings. The smallest absolute Gasteiger partial charge is 0.238 e. The Kier molecular flexibility index (Phi) is 5.04. The molecule has 1 rings (SSSR count). The van der Waals surface area contributed by atoms with Crippen molar-refractivity contribution in [1.82, 2.24) is 5.32 Å². The summed E-state index contributed by atoms with van der Waals surface area (Å²) in [6.45, 7) is 3.92. The van der Waals surface area contributed by atoms with Crippen molar-refractivity contribution < 1.29 is 13.2 Å². The van der Waals surface area contributed by atoms with Crippen molar-refractivity contribution in [2.45, 2.75) is 31.3 Å². The number of carbonyl (C=O) groups is 1. The van der Waals surface area contributed by atoms with Crippen LogP contribution in [0, 0.1) is 5.92 Å². The van der Waals surface area contributed by atoms with Crippen LogP contribution in [-0.2, 0) is 21.4 Å². The van der Waals surface area contributed by atoms with Crippen molar-refractivity contribution in [3.05, 3.63) is 29.8 Å². The third-order valence-electron chi connectivity index (χ3n) is 2.71. The molecule has 1 aromatic rings. The van der Waals surface area contributed by atoms with Crippen LogP contribution in [0.5, 0.6) is 0 Å². The number of nitrogens with one attached hydrogen (secondary N) is 1. The van der Waals surface area contributed by atoms with E-state index in [0.717, 1.165) is 0 Å². The van der Waals surface area contributed by atoms with E-state index in [4.69, 9.17) is 10.9 Å². The van der Waals surface area contributed by atoms with E-state index < -0.39 is 16.1 Å². The summed E-state index contributed by atoms with van der Waals surface area (Å²) >= 11 is 0. The Morgan fingerprint density at radius 3 is 2.53 bits per heavy atom. The van der Waals surface area contributed by atoms with Gasteiger partial charge >= 0.3 is 0 Å². The maximum Gasteiger partial charge on any atom is 0.238 e. The van der Waals surface area contributed by atoms with Crippen molar-refractivity contribution in [2.75, 3.05) is 0 Å². The second-order valence-electron chi connectivity index (χ2n) is 4.68. The number of primary sulfonamides is 1. The van der Waals surface area contributed by atoms with Crippen LogP contribution in [0.2, 0.25) is 0 Å². The molecule has 0 aliphatic rings. The van der Waals surface area contributed by atoms with Gasteiger partial charge in [-0.15, -0.1) is 0 Å². The number of hydrogen-bond acceptors (Lipinski definition) is 4. The number of hydrogen-bond donors (Lipinski definition) is 3. The zero-order valence-corrected chi connectivity index (χ0v) is 11.8. The van der Waals surface area contributed by atoms with E-state index in [1.165, 1.54) is 12.1 Å². The number of carbonyl (C=O) groups excluding carboxylic acids is 1. The normalized spacial score (nSPS) is 13.3. The third-order valence-corrected chi connectivity index (χ3v) is 3.63. The summed E-state index contributed by atoms with van der Waals surface area (Å²) in [5, 5.41) is 7.69. The largest absolute Gasteiger partial charge is 0.351 e. The van der Waals surface area contributed by atoms with E-state index in [2.05, 4.69) is 5.32 Å². The Balaban J connectivity index is 2.72. The molecule has 0 bridgehead atoms. The predicted molar refractivity (Wildman–Crippen MR) is 72.5 cm³/mol. The summed E-state index contributed by atoms with van der Waals surface area (Å²) in [4.78, 5) is 11.7. The lowest BCUT2D eigenvalue weighted by molar-refractivity contribution is -0.123. The van der Waals surface area contributed by atoms with Gasteiger partial charge in [0.2, 0.25) is 15.9 Å². The molecule has 0 aromatic heterocycles. The minimum absolute atomic E-state index is 0.0207. The van der Waals surface area contributed by atoms with E-state index in [1.807, 2.05) is 13.8 Å². The van der Waals surface area contributed by atoms with Crippen LogP contribution in [0.15, 0.2) is 29.2 Å². The summed E-state index contributed by atoms with van der Waals surface area (Å²) in [5.41, 5.74) is 6.34. The van der Waals surface area contributed by atoms with Gasteiger partial charge in [0.1, 0.15) is 0 Å². The lowest BCUT2D eigenvalue weighted by atomic mass is 10.0. The van der Waals surface area contributed by atoms with E-state index in [9.17, 15) is 13.2 Å². The van der Waals surface area contributed by atoms with Gasteiger partial charge in [0.05, 0.1) is 10.9 Å². The third kappa shape index (κ3) is 4.62. The van der Waals surface area contributed by atoms with Crippen LogP contribution in [0.3, 0.4) is 0 Å². The topological polar surface area (TPSA) is 115 Å². The van der Waals surface area contributed by atoms with Crippen molar-refractivity contribution in [3.8, 4) is 0 Å². The molecule has 6 nitrogen and oxygen atoms in total. The highest BCUT2D eigenvalue weighted by atomic mass is 32.2. The molecule has 0 saturated heterocycles. The molecule has 0 saturated carbocycles. The van der Waals surface area contributed by atoms with Gasteiger partial charge in [-0.25, -0.2) is 13.6 Å². The van der Waals surface area contributed by atoms with Gasteiger partial charge in [-0.2, -0.15) is 0 Å². The molecule has 1 atom stereocenters. The van der Waals surface area contributed by atoms with Crippen LogP contribution in [0.4, 0.5) is 0 Å². The number of amides is 1. The maximum atomic E-state index is 11.7. The number of rotatable bonds is 5. The Labute approximate surface area is 113 Å². The molecule has 0 unspecified atom stereocenters. The molecule has 7 heteroatoms. The summed E-state index contributed by atoms with van der Waals surface area (Å²) in [6, 6.07) is 5.53. The zero-order valence-electron chi connectivity index (χ0n) is 11.0. The van der Waals surface area contributed by atoms with Gasteiger partial charge in [-0.3, -0.25) is 4.79 Å². The summed E-state index contributed by atoms with van der Waals surface area (Å²) in [6.07, 6.45) is 0. The van der Waals surface area contributed by atoms with E-state index in [0.29, 0.717) is 5.56 Å². The van der Waals surface area contributed by atoms with Gasteiger partial charge in [0, 0.05) is 6.54 Å². The first-order chi connectivity index (χ1) is 8.71. The first-order valence-corrected chi connectivity index (χ1v) is 7.41. The first-order valence-electron chi connectivity index (χ1n) is 5.87. The Morgan fingerprint density at radius 2 is 2.00 bits per heavy atom. The van der Waals surface area contributed by atoms with E-state index >= 15 is 0 Å². The van der Waals surface area contributed by atoms with Crippen molar-refractivity contribution >= 4 is 15.9 Å². The fraction of sp³-hybridized carbons (Fsp3) is 0.417. The molecule has 106 valence electrons. The van der Waals surface area contributed by atoms with Gasteiger partial charge in [0.15, 0.2) is 0 Å². The molecular weight excluding hydrogens is 266 g/mol. The summed E-state index contributed by atoms with van der Waals surface area (Å²) in [5.74, 6) is -0.230. The molecule has 1 amide bonds. The number of benzene rings is 1. The Bertz CT molecular complexity index is 555. The lowest BCUT2D eigenvalue weighted by Gasteiger charge is -2.15. The molecule has 19 heavy (non-hydrogen) atoms. The average molecular weight is 285 g/mol. The molecule has 0 radical (unpaired) electrons. The fourth-order valence-corrected chi connectivity index (χ4v) is 2.03. The van der Waals surface area contributed by atoms with Gasteiger partial charge in [-0.05, 0) is 23.6 Å². The molecular formula is C12H19N3O3S. The minimum atomic E-state index is -3.73. The molecule has 0 spiro atoms. The lowest BCUT2D eigenvalue weighted by Crippen LogP contribution is -2.43. The molecule has 5 N–H and O–H groups in total. The molecule has 0 aliphatic carbocycles. The van der Waals surface area contributed by atoms with Crippen molar-refractivity contribution in [3.63, 3.8) is 0 Å². The SMILES string of the molecule is CC(C)[C@H](N)C(=O)NCc1cccc(S(N)(=O)=O)c1. The van der Waals surface area contributed by atoms with Crippen molar-refractivity contribution in [1.29, 1.82) is 0 Å². The highest BCUT2D eigenvalue weighted by Gasteiger charge is 2.16. The van der Waals surface area contributed by atoms with Gasteiger partial charge in [0.25, 0.3) is 0 Å². The molecule has 0 heterocycles. The Morgan fingerprint density at radius 1 is 1.37 bits per heavy atom. The second-order valence-corrected chi connectivity index (χ2v) is 6.24. The summed E-state index contributed by atoms with van der Waals surface area (Å²) in [7, 11) is -3.73. The van der Waals surface area contributed by atoms with Crippen LogP contribution in [0.1, 0.15) is 19.4 Å². The fourth-order valence-electron chi connectivity index (χ4n) is 1.44. The predicted octanol–water partition coefficient (Wildman–Crippen LogP) is -0.0665. The first kappa shape index (κ1) is 15.6. The average Bonchev–Trinajstić information content (AvgIpc) is 2.34. The van der Waals surface area contributed by atoms with Gasteiger partial charge < -0.3 is 11.1 Å². The minimum Gasteiger partial charge on any atom is -0.351 e. The zero-order chi connectivity index (χ0) is 14.6. The number of sulfonamides is 1. The quantitative estimate of drug-likeness (QED) is 0.702. The van der Waals surface area contributed by atoms with Crippen LogP contribution in [-0.4, -0.2) is 20.4 Å². The standard InChI is InChI=1S/C12H19N3O3S/c1-8(2)11(13)12(16)15-7-9-4-3-5-10(6-9)19(14,17)18/h3-6,8,11H,7,13H2,1-2H3,(H,15,16)(H2,14,17,18)/t11-/m0/s1. The second kappa shape index (κ2) is 6.14. The monoisotopic (exact) mass is 285 g/mol. The maximum absolute atomic E-state index is 11.7. The number of nitrogens with two attached hydrogens (primary N) is 2. The highest BCUT2D eigenvalue weighted by Crippen LogP contribution is 2.09. The van der Waals surface area contributed by atoms with Gasteiger partial charge in [-0.1, -0.05) is 26.0 Å². The van der Waals surface area contributed by atoms with Crippen LogP contribution in [0.25, 0.3) is 0 Å². The van der Waals surface area contributed by atoms with E-state index in [-0.39, 0.29) is 23.3 Å².